The van der Waals surface area contributed by atoms with E-state index in [9.17, 15) is 4.79 Å². The van der Waals surface area contributed by atoms with Gasteiger partial charge in [0, 0.05) is 17.6 Å². The van der Waals surface area contributed by atoms with Crippen LogP contribution in [-0.4, -0.2) is 37.3 Å². The fraction of sp³-hybridized carbons (Fsp3) is 0.889. The second kappa shape index (κ2) is 5.50. The van der Waals surface area contributed by atoms with Crippen LogP contribution in [0.2, 0.25) is 0 Å². The van der Waals surface area contributed by atoms with Crippen molar-refractivity contribution in [3.8, 4) is 0 Å². The first-order chi connectivity index (χ1) is 6.24. The van der Waals surface area contributed by atoms with E-state index in [1.165, 1.54) is 7.11 Å². The summed E-state index contributed by atoms with van der Waals surface area (Å²) >= 11 is 1.81. The van der Waals surface area contributed by atoms with E-state index < -0.39 is 0 Å². The Morgan fingerprint density at radius 2 is 2.54 bits per heavy atom. The van der Waals surface area contributed by atoms with Gasteiger partial charge in [-0.3, -0.25) is 4.79 Å². The Morgan fingerprint density at radius 3 is 3.08 bits per heavy atom. The van der Waals surface area contributed by atoms with Crippen molar-refractivity contribution in [3.63, 3.8) is 0 Å². The molecule has 1 heterocycles. The summed E-state index contributed by atoms with van der Waals surface area (Å²) < 4.78 is 9.88. The molecular formula is C9H16O3S. The zero-order valence-corrected chi connectivity index (χ0v) is 8.93. The van der Waals surface area contributed by atoms with Gasteiger partial charge >= 0.3 is 5.97 Å². The molecule has 0 bridgehead atoms. The van der Waals surface area contributed by atoms with Crippen LogP contribution in [0.5, 0.6) is 0 Å². The lowest BCUT2D eigenvalue weighted by Gasteiger charge is -2.11. The van der Waals surface area contributed by atoms with Gasteiger partial charge < -0.3 is 9.47 Å². The van der Waals surface area contributed by atoms with Crippen molar-refractivity contribution in [2.45, 2.75) is 18.6 Å². The monoisotopic (exact) mass is 204 g/mol. The minimum absolute atomic E-state index is 0.00407. The molecule has 1 aliphatic rings. The molecule has 0 radical (unpaired) electrons. The van der Waals surface area contributed by atoms with Crippen molar-refractivity contribution in [1.82, 2.24) is 0 Å². The fourth-order valence-corrected chi connectivity index (χ4v) is 2.35. The Labute approximate surface area is 83.2 Å². The first-order valence-electron chi connectivity index (χ1n) is 4.51. The zero-order chi connectivity index (χ0) is 9.68. The molecular weight excluding hydrogens is 188 g/mol. The third-order valence-corrected chi connectivity index (χ3v) is 3.61. The van der Waals surface area contributed by atoms with Crippen LogP contribution in [0.25, 0.3) is 0 Å². The smallest absolute Gasteiger partial charge is 0.309 e. The lowest BCUT2D eigenvalue weighted by molar-refractivity contribution is -0.143. The molecule has 3 nitrogen and oxygen atoms in total. The minimum atomic E-state index is -0.119. The molecule has 1 fully saturated rings. The van der Waals surface area contributed by atoms with Gasteiger partial charge in [-0.2, -0.15) is 11.8 Å². The van der Waals surface area contributed by atoms with E-state index in [1.54, 1.807) is 0 Å². The number of thioether (sulfide) groups is 1. The van der Waals surface area contributed by atoms with Crippen LogP contribution in [-0.2, 0) is 14.3 Å². The molecule has 1 aliphatic heterocycles. The molecule has 0 saturated carbocycles. The van der Waals surface area contributed by atoms with Gasteiger partial charge in [-0.25, -0.2) is 0 Å². The number of esters is 1. The van der Waals surface area contributed by atoms with Crippen molar-refractivity contribution in [2.24, 2.45) is 5.92 Å². The number of carbonyl (C=O) groups excluding carboxylic acids is 1. The van der Waals surface area contributed by atoms with E-state index in [-0.39, 0.29) is 11.9 Å². The Morgan fingerprint density at radius 1 is 1.77 bits per heavy atom. The molecule has 2 atom stereocenters. The molecule has 0 N–H and O–H groups in total. The summed E-state index contributed by atoms with van der Waals surface area (Å²) in [7, 11) is 1.43. The summed E-state index contributed by atoms with van der Waals surface area (Å²) in [4.78, 5) is 11.0. The number of hydrogen-bond donors (Lipinski definition) is 0. The van der Waals surface area contributed by atoms with Gasteiger partial charge in [-0.1, -0.05) is 6.92 Å². The van der Waals surface area contributed by atoms with E-state index in [0.717, 1.165) is 25.4 Å². The standard InChI is InChI=1S/C9H16O3S/c1-7(9(10)11-2)6-13-8-3-4-12-5-8/h7-8H,3-6H2,1-2H3. The fourth-order valence-electron chi connectivity index (χ4n) is 1.19. The first-order valence-corrected chi connectivity index (χ1v) is 5.56. The highest BCUT2D eigenvalue weighted by atomic mass is 32.2. The van der Waals surface area contributed by atoms with Crippen LogP contribution in [0.3, 0.4) is 0 Å². The van der Waals surface area contributed by atoms with Gasteiger partial charge in [0.2, 0.25) is 0 Å². The van der Waals surface area contributed by atoms with Crippen molar-refractivity contribution >= 4 is 17.7 Å². The van der Waals surface area contributed by atoms with E-state index in [0.29, 0.717) is 5.25 Å². The predicted octanol–water partition coefficient (Wildman–Crippen LogP) is 1.32. The van der Waals surface area contributed by atoms with Gasteiger partial charge in [-0.05, 0) is 6.42 Å². The summed E-state index contributed by atoms with van der Waals surface area (Å²) in [5, 5.41) is 0.576. The third-order valence-electron chi connectivity index (χ3n) is 2.07. The maximum atomic E-state index is 11.0. The van der Waals surface area contributed by atoms with Gasteiger partial charge in [0.05, 0.1) is 19.6 Å². The summed E-state index contributed by atoms with van der Waals surface area (Å²) in [5.74, 6) is 0.711. The van der Waals surface area contributed by atoms with Crippen LogP contribution in [0.1, 0.15) is 13.3 Å². The quantitative estimate of drug-likeness (QED) is 0.647. The van der Waals surface area contributed by atoms with Crippen molar-refractivity contribution < 1.29 is 14.3 Å². The number of ether oxygens (including phenoxy) is 2. The number of rotatable bonds is 4. The van der Waals surface area contributed by atoms with Crippen molar-refractivity contribution in [1.29, 1.82) is 0 Å². The van der Waals surface area contributed by atoms with Gasteiger partial charge in [0.1, 0.15) is 0 Å². The second-order valence-electron chi connectivity index (χ2n) is 3.24. The van der Waals surface area contributed by atoms with Crippen molar-refractivity contribution in [2.75, 3.05) is 26.1 Å². The molecule has 1 rings (SSSR count). The second-order valence-corrected chi connectivity index (χ2v) is 4.58. The summed E-state index contributed by atoms with van der Waals surface area (Å²) in [6.07, 6.45) is 1.11. The third kappa shape index (κ3) is 3.56. The normalized spacial score (nSPS) is 24.3. The summed E-state index contributed by atoms with van der Waals surface area (Å²) in [5.41, 5.74) is 0. The molecule has 0 aromatic rings. The molecule has 0 aromatic heterocycles. The Kier molecular flexibility index (Phi) is 4.59. The van der Waals surface area contributed by atoms with Crippen LogP contribution >= 0.6 is 11.8 Å². The highest BCUT2D eigenvalue weighted by Gasteiger charge is 2.19. The maximum Gasteiger partial charge on any atom is 0.309 e. The lowest BCUT2D eigenvalue weighted by Crippen LogP contribution is -2.16. The Hall–Kier alpha value is -0.220. The zero-order valence-electron chi connectivity index (χ0n) is 8.12. The predicted molar refractivity (Wildman–Crippen MR) is 52.9 cm³/mol. The van der Waals surface area contributed by atoms with E-state index in [1.807, 2.05) is 18.7 Å². The number of methoxy groups -OCH3 is 1. The van der Waals surface area contributed by atoms with Crippen LogP contribution in [0.15, 0.2) is 0 Å². The summed E-state index contributed by atoms with van der Waals surface area (Å²) in [6, 6.07) is 0. The van der Waals surface area contributed by atoms with E-state index in [4.69, 9.17) is 4.74 Å². The molecule has 0 aromatic carbocycles. The molecule has 13 heavy (non-hydrogen) atoms. The molecule has 0 aliphatic carbocycles. The largest absolute Gasteiger partial charge is 0.469 e. The van der Waals surface area contributed by atoms with Crippen LogP contribution in [0.4, 0.5) is 0 Å². The first kappa shape index (κ1) is 10.9. The number of hydrogen-bond acceptors (Lipinski definition) is 4. The molecule has 0 spiro atoms. The van der Waals surface area contributed by atoms with Gasteiger partial charge in [0.15, 0.2) is 0 Å². The van der Waals surface area contributed by atoms with Gasteiger partial charge in [0.25, 0.3) is 0 Å². The molecule has 76 valence electrons. The molecule has 2 unspecified atom stereocenters. The van der Waals surface area contributed by atoms with E-state index >= 15 is 0 Å². The molecule has 4 heteroatoms. The van der Waals surface area contributed by atoms with Gasteiger partial charge in [-0.15, -0.1) is 0 Å². The molecule has 1 saturated heterocycles. The van der Waals surface area contributed by atoms with Crippen molar-refractivity contribution in [3.05, 3.63) is 0 Å². The summed E-state index contributed by atoms with van der Waals surface area (Å²) in [6.45, 7) is 3.59. The lowest BCUT2D eigenvalue weighted by atomic mass is 10.2. The SMILES string of the molecule is COC(=O)C(C)CSC1CCOC1. The average Bonchev–Trinajstić information content (AvgIpc) is 2.65. The molecule has 0 amide bonds. The van der Waals surface area contributed by atoms with Crippen LogP contribution in [0, 0.1) is 5.92 Å². The Bertz CT molecular complexity index is 166. The average molecular weight is 204 g/mol. The number of carbonyl (C=O) groups is 1. The Balaban J connectivity index is 2.13. The highest BCUT2D eigenvalue weighted by Crippen LogP contribution is 2.22. The minimum Gasteiger partial charge on any atom is -0.469 e. The maximum absolute atomic E-state index is 11.0. The topological polar surface area (TPSA) is 35.5 Å². The highest BCUT2D eigenvalue weighted by molar-refractivity contribution is 7.99. The van der Waals surface area contributed by atoms with E-state index in [2.05, 4.69) is 4.74 Å². The van der Waals surface area contributed by atoms with Crippen LogP contribution < -0.4 is 0 Å².